The Labute approximate surface area is 77.4 Å². The third kappa shape index (κ3) is 2.66. The van der Waals surface area contributed by atoms with Gasteiger partial charge in [0.05, 0.1) is 5.69 Å². The van der Waals surface area contributed by atoms with Crippen molar-refractivity contribution < 1.29 is 0 Å². The summed E-state index contributed by atoms with van der Waals surface area (Å²) in [6, 6.07) is 1.52. The van der Waals surface area contributed by atoms with E-state index in [0.29, 0.717) is 6.54 Å². The first-order valence-corrected chi connectivity index (χ1v) is 4.38. The zero-order valence-corrected chi connectivity index (χ0v) is 8.22. The molecule has 0 saturated heterocycles. The highest BCUT2D eigenvalue weighted by atomic mass is 16.1. The molecule has 2 N–H and O–H groups in total. The van der Waals surface area contributed by atoms with Gasteiger partial charge in [0.2, 0.25) is 0 Å². The maximum absolute atomic E-state index is 11.2. The number of aromatic nitrogens is 2. The Morgan fingerprint density at radius 1 is 1.62 bits per heavy atom. The molecule has 0 aliphatic heterocycles. The van der Waals surface area contributed by atoms with Gasteiger partial charge in [-0.15, -0.1) is 0 Å². The molecule has 1 aromatic heterocycles. The third-order valence-electron chi connectivity index (χ3n) is 1.72. The van der Waals surface area contributed by atoms with E-state index in [1.54, 1.807) is 0 Å². The number of aromatic amines is 1. The summed E-state index contributed by atoms with van der Waals surface area (Å²) in [7, 11) is 1.83. The molecule has 0 aliphatic carbocycles. The third-order valence-corrected chi connectivity index (χ3v) is 1.72. The lowest BCUT2D eigenvalue weighted by molar-refractivity contribution is 0.720. The topological polar surface area (TPSA) is 57.8 Å². The smallest absolute Gasteiger partial charge is 0.251 e. The van der Waals surface area contributed by atoms with Crippen LogP contribution >= 0.6 is 0 Å². The fourth-order valence-electron chi connectivity index (χ4n) is 1.07. The summed E-state index contributed by atoms with van der Waals surface area (Å²) < 4.78 is 0. The normalized spacial score (nSPS) is 10.8. The molecule has 0 aliphatic rings. The van der Waals surface area contributed by atoms with Crippen molar-refractivity contribution in [1.82, 2.24) is 15.3 Å². The first-order chi connectivity index (χ1) is 6.13. The molecule has 0 atom stereocenters. The predicted octanol–water partition coefficient (Wildman–Crippen LogP) is 0.613. The van der Waals surface area contributed by atoms with Crippen molar-refractivity contribution in [3.8, 4) is 0 Å². The van der Waals surface area contributed by atoms with Gasteiger partial charge < -0.3 is 10.3 Å². The Bertz CT molecular complexity index is 330. The van der Waals surface area contributed by atoms with Crippen LogP contribution < -0.4 is 10.9 Å². The fourth-order valence-corrected chi connectivity index (χ4v) is 1.07. The fraction of sp³-hybridized carbons (Fsp3) is 0.556. The van der Waals surface area contributed by atoms with Gasteiger partial charge in [-0.3, -0.25) is 4.79 Å². The van der Waals surface area contributed by atoms with E-state index in [1.807, 2.05) is 20.9 Å². The van der Waals surface area contributed by atoms with Gasteiger partial charge in [-0.1, -0.05) is 13.8 Å². The molecule has 1 rings (SSSR count). The lowest BCUT2D eigenvalue weighted by Gasteiger charge is -2.05. The highest BCUT2D eigenvalue weighted by Crippen LogP contribution is 2.06. The Morgan fingerprint density at radius 3 is 2.85 bits per heavy atom. The molecule has 0 aromatic carbocycles. The second-order valence-corrected chi connectivity index (χ2v) is 3.31. The minimum Gasteiger partial charge on any atom is -0.314 e. The molecule has 1 aromatic rings. The minimum absolute atomic E-state index is 0.0797. The van der Waals surface area contributed by atoms with Crippen LogP contribution in [0.25, 0.3) is 0 Å². The van der Waals surface area contributed by atoms with E-state index in [1.165, 1.54) is 6.07 Å². The second kappa shape index (κ2) is 4.18. The number of H-pyrrole nitrogens is 1. The van der Waals surface area contributed by atoms with Crippen LogP contribution in [0.1, 0.15) is 31.3 Å². The molecule has 4 heteroatoms. The van der Waals surface area contributed by atoms with Crippen molar-refractivity contribution in [2.75, 3.05) is 7.05 Å². The van der Waals surface area contributed by atoms with Crippen LogP contribution in [0.4, 0.5) is 0 Å². The SMILES string of the molecule is CNCc1cc(=O)[nH]c(C(C)C)n1. The number of nitrogens with one attached hydrogen (secondary N) is 2. The first-order valence-electron chi connectivity index (χ1n) is 4.38. The zero-order valence-electron chi connectivity index (χ0n) is 8.22. The molecule has 0 unspecified atom stereocenters. The van der Waals surface area contributed by atoms with Gasteiger partial charge >= 0.3 is 0 Å². The molecule has 0 saturated carbocycles. The summed E-state index contributed by atoms with van der Waals surface area (Å²) in [5.74, 6) is 1.00. The average molecular weight is 181 g/mol. The molecule has 0 spiro atoms. The Kier molecular flexibility index (Phi) is 3.19. The Balaban J connectivity index is 3.04. The second-order valence-electron chi connectivity index (χ2n) is 3.31. The molecule has 13 heavy (non-hydrogen) atoms. The molecular weight excluding hydrogens is 166 g/mol. The average Bonchev–Trinajstić information content (AvgIpc) is 2.03. The monoisotopic (exact) mass is 181 g/mol. The number of nitrogens with zero attached hydrogens (tertiary/aromatic N) is 1. The van der Waals surface area contributed by atoms with Crippen molar-refractivity contribution in [3.63, 3.8) is 0 Å². The van der Waals surface area contributed by atoms with Crippen molar-refractivity contribution in [3.05, 3.63) is 27.9 Å². The summed E-state index contributed by atoms with van der Waals surface area (Å²) in [6.07, 6.45) is 0. The van der Waals surface area contributed by atoms with Crippen molar-refractivity contribution >= 4 is 0 Å². The van der Waals surface area contributed by atoms with Gasteiger partial charge in [0.25, 0.3) is 5.56 Å². The summed E-state index contributed by atoms with van der Waals surface area (Å²) in [4.78, 5) is 18.2. The molecule has 4 nitrogen and oxygen atoms in total. The standard InChI is InChI=1S/C9H15N3O/c1-6(2)9-11-7(5-10-3)4-8(13)12-9/h4,6,10H,5H2,1-3H3,(H,11,12,13). The maximum atomic E-state index is 11.2. The summed E-state index contributed by atoms with van der Waals surface area (Å²) in [5.41, 5.74) is 0.707. The van der Waals surface area contributed by atoms with Crippen LogP contribution in [0.3, 0.4) is 0 Å². The van der Waals surface area contributed by atoms with Crippen molar-refractivity contribution in [2.45, 2.75) is 26.3 Å². The molecule has 72 valence electrons. The van der Waals surface area contributed by atoms with Crippen LogP contribution in [0.5, 0.6) is 0 Å². The predicted molar refractivity (Wildman–Crippen MR) is 51.7 cm³/mol. The van der Waals surface area contributed by atoms with Crippen molar-refractivity contribution in [1.29, 1.82) is 0 Å². The molecule has 1 heterocycles. The molecule has 0 radical (unpaired) electrons. The van der Waals surface area contributed by atoms with Gasteiger partial charge in [0.1, 0.15) is 5.82 Å². The number of hydrogen-bond donors (Lipinski definition) is 2. The van der Waals surface area contributed by atoms with Crippen molar-refractivity contribution in [2.24, 2.45) is 0 Å². The van der Waals surface area contributed by atoms with Crippen LogP contribution in [-0.2, 0) is 6.54 Å². The first kappa shape index (κ1) is 9.92. The number of rotatable bonds is 3. The number of hydrogen-bond acceptors (Lipinski definition) is 3. The largest absolute Gasteiger partial charge is 0.314 e. The van der Waals surface area contributed by atoms with Gasteiger partial charge in [-0.2, -0.15) is 0 Å². The van der Waals surface area contributed by atoms with Crippen LogP contribution in [0, 0.1) is 0 Å². The van der Waals surface area contributed by atoms with Crippen LogP contribution in [0.2, 0.25) is 0 Å². The summed E-state index contributed by atoms with van der Waals surface area (Å²) in [6.45, 7) is 4.63. The van der Waals surface area contributed by atoms with Crippen LogP contribution in [-0.4, -0.2) is 17.0 Å². The van der Waals surface area contributed by atoms with Gasteiger partial charge in [-0.05, 0) is 7.05 Å². The van der Waals surface area contributed by atoms with E-state index in [4.69, 9.17) is 0 Å². The molecule has 0 fully saturated rings. The molecule has 0 bridgehead atoms. The zero-order chi connectivity index (χ0) is 9.84. The summed E-state index contributed by atoms with van der Waals surface area (Å²) in [5, 5.41) is 2.96. The summed E-state index contributed by atoms with van der Waals surface area (Å²) >= 11 is 0. The lowest BCUT2D eigenvalue weighted by Crippen LogP contribution is -2.17. The minimum atomic E-state index is -0.0797. The highest BCUT2D eigenvalue weighted by Gasteiger charge is 2.03. The molecule has 0 amide bonds. The Hall–Kier alpha value is -1.16. The van der Waals surface area contributed by atoms with Gasteiger partial charge in [0, 0.05) is 18.5 Å². The van der Waals surface area contributed by atoms with E-state index in [2.05, 4.69) is 15.3 Å². The Morgan fingerprint density at radius 2 is 2.31 bits per heavy atom. The maximum Gasteiger partial charge on any atom is 0.251 e. The molecular formula is C9H15N3O. The van der Waals surface area contributed by atoms with E-state index in [9.17, 15) is 4.79 Å². The quantitative estimate of drug-likeness (QED) is 0.718. The lowest BCUT2D eigenvalue weighted by atomic mass is 10.2. The van der Waals surface area contributed by atoms with E-state index in [-0.39, 0.29) is 11.5 Å². The van der Waals surface area contributed by atoms with Gasteiger partial charge in [-0.25, -0.2) is 4.98 Å². The van der Waals surface area contributed by atoms with Gasteiger partial charge in [0.15, 0.2) is 0 Å². The van der Waals surface area contributed by atoms with E-state index < -0.39 is 0 Å². The van der Waals surface area contributed by atoms with E-state index >= 15 is 0 Å². The van der Waals surface area contributed by atoms with Crippen LogP contribution in [0.15, 0.2) is 10.9 Å². The van der Waals surface area contributed by atoms with E-state index in [0.717, 1.165) is 11.5 Å². The highest BCUT2D eigenvalue weighted by molar-refractivity contribution is 5.04.